The minimum Gasteiger partial charge on any atom is -0.497 e. The zero-order chi connectivity index (χ0) is 28.2. The van der Waals surface area contributed by atoms with Crippen molar-refractivity contribution in [3.05, 3.63) is 58.1 Å². The smallest absolute Gasteiger partial charge is 0.423 e. The van der Waals surface area contributed by atoms with Crippen molar-refractivity contribution in [1.29, 1.82) is 0 Å². The lowest BCUT2D eigenvalue weighted by molar-refractivity contribution is -0.388. The van der Waals surface area contributed by atoms with E-state index in [0.717, 1.165) is 23.6 Å². The van der Waals surface area contributed by atoms with E-state index in [2.05, 4.69) is 10.2 Å². The molecular weight excluding hydrogens is 531 g/mol. The predicted octanol–water partition coefficient (Wildman–Crippen LogP) is 4.40. The molecule has 13 heteroatoms. The lowest BCUT2D eigenvalue weighted by Crippen LogP contribution is -2.50. The second-order valence-electron chi connectivity index (χ2n) is 9.53. The summed E-state index contributed by atoms with van der Waals surface area (Å²) >= 11 is 0. The summed E-state index contributed by atoms with van der Waals surface area (Å²) in [5.74, 6) is 0.258. The summed E-state index contributed by atoms with van der Waals surface area (Å²) in [4.78, 5) is 40.9. The fraction of sp³-hybridized carbons (Fsp3) is 0.481. The number of carbonyl (C=O) groups is 2. The molecule has 0 unspecified atom stereocenters. The van der Waals surface area contributed by atoms with E-state index in [0.29, 0.717) is 52.1 Å². The highest BCUT2D eigenvalue weighted by Gasteiger charge is 2.38. The average Bonchev–Trinajstić information content (AvgIpc) is 2.93. The van der Waals surface area contributed by atoms with Crippen LogP contribution < -0.4 is 15.0 Å². The Kier molecular flexibility index (Phi) is 9.83. The molecule has 10 nitrogen and oxygen atoms in total. The Labute approximate surface area is 230 Å². The summed E-state index contributed by atoms with van der Waals surface area (Å²) in [5, 5.41) is 13.9. The number of rotatable bonds is 7. The Morgan fingerprint density at radius 2 is 1.62 bits per heavy atom. The Hall–Kier alpha value is -4.03. The number of nitro groups is 1. The van der Waals surface area contributed by atoms with E-state index in [1.807, 2.05) is 24.3 Å². The number of nitro benzene ring substituents is 1. The molecule has 2 aromatic rings. The lowest BCUT2D eigenvalue weighted by atomic mass is 10.0. The number of benzene rings is 2. The van der Waals surface area contributed by atoms with Gasteiger partial charge in [0, 0.05) is 68.8 Å². The van der Waals surface area contributed by atoms with Gasteiger partial charge in [0.2, 0.25) is 11.8 Å². The summed E-state index contributed by atoms with van der Waals surface area (Å²) < 4.78 is 45.0. The number of hydrogen-bond donors (Lipinski definition) is 1. The molecule has 4 rings (SSSR count). The van der Waals surface area contributed by atoms with E-state index in [4.69, 9.17) is 4.74 Å². The number of nitrogens with zero attached hydrogens (tertiary/aromatic N) is 4. The fourth-order valence-electron chi connectivity index (χ4n) is 4.90. The number of alkyl halides is 3. The van der Waals surface area contributed by atoms with Crippen molar-refractivity contribution in [3.8, 4) is 5.75 Å². The first kappa shape index (κ1) is 30.5. The normalized spacial score (nSPS) is 16.2. The van der Waals surface area contributed by atoms with Crippen LogP contribution in [0.15, 0.2) is 42.5 Å². The molecule has 0 radical (unpaired) electrons. The van der Waals surface area contributed by atoms with Crippen LogP contribution in [0.4, 0.5) is 30.2 Å². The quantitative estimate of drug-likeness (QED) is 0.301. The Morgan fingerprint density at radius 1 is 1.00 bits per heavy atom. The average molecular weight is 566 g/mol. The molecule has 2 fully saturated rings. The van der Waals surface area contributed by atoms with Crippen LogP contribution in [0.2, 0.25) is 0 Å². The van der Waals surface area contributed by atoms with Gasteiger partial charge in [0.1, 0.15) is 17.7 Å². The van der Waals surface area contributed by atoms with Gasteiger partial charge in [0.15, 0.2) is 0 Å². The number of ether oxygens (including phenoxy) is 1. The summed E-state index contributed by atoms with van der Waals surface area (Å²) in [6.07, 6.45) is -4.15. The van der Waals surface area contributed by atoms with Crippen LogP contribution in [0.5, 0.6) is 5.75 Å². The molecule has 2 heterocycles. The van der Waals surface area contributed by atoms with Crippen LogP contribution in [-0.4, -0.2) is 79.0 Å². The number of amides is 2. The highest BCUT2D eigenvalue weighted by Crippen LogP contribution is 2.38. The third kappa shape index (κ3) is 7.33. The number of carbonyl (C=O) groups excluding carboxylic acids is 2. The molecule has 1 N–H and O–H groups in total. The maximum Gasteiger partial charge on any atom is 0.423 e. The molecule has 2 aliphatic rings. The van der Waals surface area contributed by atoms with Gasteiger partial charge < -0.3 is 24.8 Å². The van der Waals surface area contributed by atoms with Crippen molar-refractivity contribution in [1.82, 2.24) is 9.80 Å². The van der Waals surface area contributed by atoms with E-state index in [1.165, 1.54) is 6.07 Å². The molecule has 0 saturated carbocycles. The first-order chi connectivity index (χ1) is 18.5. The van der Waals surface area contributed by atoms with Crippen molar-refractivity contribution < 1.29 is 32.4 Å². The van der Waals surface area contributed by atoms with Crippen molar-refractivity contribution in [2.75, 3.05) is 56.6 Å². The molecule has 2 aromatic carbocycles. The monoisotopic (exact) mass is 565 g/mol. The van der Waals surface area contributed by atoms with Crippen molar-refractivity contribution in [3.63, 3.8) is 0 Å². The molecule has 0 spiro atoms. The number of methoxy groups -OCH3 is 1. The minimum atomic E-state index is -4.86. The second-order valence-corrected chi connectivity index (χ2v) is 9.53. The topological polar surface area (TPSA) is 108 Å². The number of nitrogens with one attached hydrogen (secondary N) is 1. The van der Waals surface area contributed by atoms with Crippen LogP contribution in [0.25, 0.3) is 0 Å². The van der Waals surface area contributed by atoms with Gasteiger partial charge in [-0.3, -0.25) is 19.7 Å². The maximum atomic E-state index is 13.3. The molecule has 0 aliphatic carbocycles. The first-order valence-electron chi connectivity index (χ1n) is 12.6. The number of hydrogen-bond acceptors (Lipinski definition) is 7. The molecular formula is C27H34F3N5O5. The molecule has 0 aromatic heterocycles. The van der Waals surface area contributed by atoms with E-state index in [9.17, 15) is 32.9 Å². The zero-order valence-electron chi connectivity index (χ0n) is 21.4. The van der Waals surface area contributed by atoms with Crippen molar-refractivity contribution in [2.24, 2.45) is 0 Å². The molecule has 0 bridgehead atoms. The highest BCUT2D eigenvalue weighted by molar-refractivity contribution is 5.97. The number of anilines is 2. The summed E-state index contributed by atoms with van der Waals surface area (Å²) in [6.45, 7) is 3.00. The number of halogens is 3. The SMILES string of the molecule is C.COc1cccc(N2CCN(C(=O)CC(=O)N3CCC(Nc4ccc([N+](=O)[O-])c(C(F)(F)F)c4)CC3)CC2)c1. The fourth-order valence-corrected chi connectivity index (χ4v) is 4.90. The number of piperazine rings is 1. The molecule has 2 aliphatic heterocycles. The van der Waals surface area contributed by atoms with Gasteiger partial charge in [-0.15, -0.1) is 0 Å². The summed E-state index contributed by atoms with van der Waals surface area (Å²) in [7, 11) is 1.61. The van der Waals surface area contributed by atoms with Crippen LogP contribution >= 0.6 is 0 Å². The molecule has 40 heavy (non-hydrogen) atoms. The van der Waals surface area contributed by atoms with Gasteiger partial charge >= 0.3 is 6.18 Å². The Bertz CT molecular complexity index is 1210. The van der Waals surface area contributed by atoms with Gasteiger partial charge in [-0.1, -0.05) is 13.5 Å². The van der Waals surface area contributed by atoms with Gasteiger partial charge in [0.05, 0.1) is 12.0 Å². The predicted molar refractivity (Wildman–Crippen MR) is 144 cm³/mol. The van der Waals surface area contributed by atoms with Gasteiger partial charge in [-0.2, -0.15) is 13.2 Å². The lowest BCUT2D eigenvalue weighted by Gasteiger charge is -2.37. The molecule has 0 atom stereocenters. The summed E-state index contributed by atoms with van der Waals surface area (Å²) in [5.41, 5.74) is -1.17. The van der Waals surface area contributed by atoms with E-state index >= 15 is 0 Å². The molecule has 2 amide bonds. The van der Waals surface area contributed by atoms with Gasteiger partial charge in [0.25, 0.3) is 5.69 Å². The standard InChI is InChI=1S/C26H30F3N5O5.CH4/c1-39-21-4-2-3-20(16-21)31-11-13-33(14-12-31)25(36)17-24(35)32-9-7-18(8-10-32)30-19-5-6-23(34(37)38)22(15-19)26(27,28)29;/h2-6,15-16,18,30H,7-14,17H2,1H3;1H4. The van der Waals surface area contributed by atoms with E-state index < -0.39 is 22.4 Å². The van der Waals surface area contributed by atoms with Crippen LogP contribution in [0, 0.1) is 10.1 Å². The molecule has 218 valence electrons. The summed E-state index contributed by atoms with van der Waals surface area (Å²) in [6, 6.07) is 10.3. The van der Waals surface area contributed by atoms with Crippen LogP contribution in [-0.2, 0) is 15.8 Å². The Morgan fingerprint density at radius 3 is 2.20 bits per heavy atom. The minimum absolute atomic E-state index is 0. The zero-order valence-corrected chi connectivity index (χ0v) is 21.4. The Balaban J connectivity index is 0.00000441. The van der Waals surface area contributed by atoms with E-state index in [1.54, 1.807) is 16.9 Å². The first-order valence-corrected chi connectivity index (χ1v) is 12.6. The maximum absolute atomic E-state index is 13.3. The largest absolute Gasteiger partial charge is 0.497 e. The van der Waals surface area contributed by atoms with Crippen LogP contribution in [0.1, 0.15) is 32.3 Å². The highest BCUT2D eigenvalue weighted by atomic mass is 19.4. The van der Waals surface area contributed by atoms with Crippen molar-refractivity contribution in [2.45, 2.75) is 38.9 Å². The second kappa shape index (κ2) is 12.9. The third-order valence-corrected chi connectivity index (χ3v) is 7.07. The third-order valence-electron chi connectivity index (χ3n) is 7.07. The molecule has 2 saturated heterocycles. The van der Waals surface area contributed by atoms with Gasteiger partial charge in [-0.25, -0.2) is 0 Å². The van der Waals surface area contributed by atoms with Gasteiger partial charge in [-0.05, 0) is 37.1 Å². The van der Waals surface area contributed by atoms with Crippen LogP contribution in [0.3, 0.4) is 0 Å². The number of piperidine rings is 1. The number of likely N-dealkylation sites (tertiary alicyclic amines) is 1. The van der Waals surface area contributed by atoms with E-state index in [-0.39, 0.29) is 37.4 Å². The van der Waals surface area contributed by atoms with Crippen molar-refractivity contribution >= 4 is 28.9 Å².